The van der Waals surface area contributed by atoms with Gasteiger partial charge in [0.15, 0.2) is 5.52 Å². The lowest BCUT2D eigenvalue weighted by Crippen LogP contribution is -1.76. The van der Waals surface area contributed by atoms with Crippen molar-refractivity contribution < 1.29 is 9.69 Å². The van der Waals surface area contributed by atoms with Gasteiger partial charge in [0.2, 0.25) is 0 Å². The van der Waals surface area contributed by atoms with Crippen LogP contribution in [0.5, 0.6) is 0 Å². The number of carbonyl (C=O) groups excluding carboxylic acids is 1. The Morgan fingerprint density at radius 2 is 2.17 bits per heavy atom. The van der Waals surface area contributed by atoms with E-state index in [1.165, 1.54) is 6.92 Å². The van der Waals surface area contributed by atoms with E-state index in [1.807, 2.05) is 8.93 Å². The molecule has 0 bridgehead atoms. The molecule has 36 valence electrons. The second kappa shape index (κ2) is 2.63. The van der Waals surface area contributed by atoms with Gasteiger partial charge in [-0.3, -0.25) is 4.79 Å². The smallest absolute Gasteiger partial charge is 0.182 e. The lowest BCUT2D eigenvalue weighted by atomic mass is 10.9. The SMILES string of the molecule is CC(=O)P(O)P. The van der Waals surface area contributed by atoms with Gasteiger partial charge in [-0.2, -0.15) is 0 Å². The van der Waals surface area contributed by atoms with E-state index >= 15 is 0 Å². The summed E-state index contributed by atoms with van der Waals surface area (Å²) in [6.07, 6.45) is 0. The first-order chi connectivity index (χ1) is 2.64. The van der Waals surface area contributed by atoms with Gasteiger partial charge >= 0.3 is 0 Å². The van der Waals surface area contributed by atoms with E-state index in [9.17, 15) is 4.79 Å². The van der Waals surface area contributed by atoms with E-state index in [-0.39, 0.29) is 5.52 Å². The van der Waals surface area contributed by atoms with Crippen LogP contribution in [0.15, 0.2) is 0 Å². The lowest BCUT2D eigenvalue weighted by molar-refractivity contribution is -0.109. The molecule has 0 aromatic carbocycles. The van der Waals surface area contributed by atoms with E-state index in [4.69, 9.17) is 4.89 Å². The third-order valence-electron chi connectivity index (χ3n) is 0.323. The summed E-state index contributed by atoms with van der Waals surface area (Å²) >= 11 is 0. The lowest BCUT2D eigenvalue weighted by Gasteiger charge is -1.90. The van der Waals surface area contributed by atoms with E-state index < -0.39 is 7.84 Å². The summed E-state index contributed by atoms with van der Waals surface area (Å²) in [6, 6.07) is 0. The average Bonchev–Trinajstić information content (AvgIpc) is 1.36. The maximum absolute atomic E-state index is 9.90. The Morgan fingerprint density at radius 3 is 2.17 bits per heavy atom. The fourth-order valence-electron chi connectivity index (χ4n) is 0. The number of hydrogen-bond donors (Lipinski definition) is 1. The number of hydrogen-bond acceptors (Lipinski definition) is 2. The summed E-state index contributed by atoms with van der Waals surface area (Å²) in [5.41, 5.74) is -0.157. The predicted molar refractivity (Wildman–Crippen MR) is 29.5 cm³/mol. The molecule has 0 saturated heterocycles. The zero-order valence-corrected chi connectivity index (χ0v) is 5.43. The van der Waals surface area contributed by atoms with Crippen molar-refractivity contribution in [2.24, 2.45) is 0 Å². The zero-order chi connectivity index (χ0) is 5.15. The van der Waals surface area contributed by atoms with Crippen LogP contribution in [-0.2, 0) is 4.79 Å². The summed E-state index contributed by atoms with van der Waals surface area (Å²) in [5, 5.41) is 0. The van der Waals surface area contributed by atoms with Gasteiger partial charge < -0.3 is 4.89 Å². The monoisotopic (exact) mass is 124 g/mol. The Morgan fingerprint density at radius 1 is 2.00 bits per heavy atom. The molecule has 0 spiro atoms. The Balaban J connectivity index is 3.26. The minimum absolute atomic E-state index is 0.157. The van der Waals surface area contributed by atoms with Gasteiger partial charge in [-0.05, 0) is 0 Å². The minimum Gasteiger partial charge on any atom is -0.362 e. The van der Waals surface area contributed by atoms with Crippen LogP contribution in [0.1, 0.15) is 6.92 Å². The fraction of sp³-hybridized carbons (Fsp3) is 0.500. The Bertz CT molecular complexity index is 60.6. The molecule has 0 aliphatic rings. The Hall–Kier alpha value is 0.490. The Labute approximate surface area is 39.9 Å². The Kier molecular flexibility index (Phi) is 2.84. The van der Waals surface area contributed by atoms with Gasteiger partial charge in [-0.15, -0.1) is 0 Å². The fourth-order valence-corrected chi connectivity index (χ4v) is 0. The summed E-state index contributed by atoms with van der Waals surface area (Å²) in [4.78, 5) is 18.2. The summed E-state index contributed by atoms with van der Waals surface area (Å²) in [6.45, 7) is 1.36. The third-order valence-corrected chi connectivity index (χ3v) is 2.06. The highest BCUT2D eigenvalue weighted by Crippen LogP contribution is 2.39. The van der Waals surface area contributed by atoms with E-state index in [2.05, 4.69) is 0 Å². The molecule has 0 heterocycles. The molecule has 0 aliphatic heterocycles. The van der Waals surface area contributed by atoms with Gasteiger partial charge in [0, 0.05) is 6.92 Å². The molecule has 2 nitrogen and oxygen atoms in total. The third kappa shape index (κ3) is 2.71. The van der Waals surface area contributed by atoms with Crippen molar-refractivity contribution in [3.63, 3.8) is 0 Å². The summed E-state index contributed by atoms with van der Waals surface area (Å²) in [7, 11) is 0.662. The van der Waals surface area contributed by atoms with Gasteiger partial charge in [-0.1, -0.05) is 8.93 Å². The average molecular weight is 124 g/mol. The van der Waals surface area contributed by atoms with Crippen LogP contribution in [-0.4, -0.2) is 10.4 Å². The molecule has 0 amide bonds. The van der Waals surface area contributed by atoms with E-state index in [0.29, 0.717) is 0 Å². The van der Waals surface area contributed by atoms with Crippen LogP contribution in [0.4, 0.5) is 0 Å². The van der Waals surface area contributed by atoms with Crippen LogP contribution in [0.3, 0.4) is 0 Å². The highest BCUT2D eigenvalue weighted by molar-refractivity contribution is 8.19. The van der Waals surface area contributed by atoms with Crippen molar-refractivity contribution in [2.45, 2.75) is 6.92 Å². The van der Waals surface area contributed by atoms with Crippen molar-refractivity contribution >= 4 is 22.3 Å². The van der Waals surface area contributed by atoms with Crippen molar-refractivity contribution in [3.05, 3.63) is 0 Å². The molecule has 1 N–H and O–H groups in total. The standard InChI is InChI=1S/C2H6O2P2/c1-2(3)6(4)5/h4H,5H2,1H3. The molecule has 0 aromatic rings. The van der Waals surface area contributed by atoms with Crippen LogP contribution in [0.25, 0.3) is 0 Å². The zero-order valence-electron chi connectivity index (χ0n) is 3.38. The molecular formula is C2H6O2P2. The van der Waals surface area contributed by atoms with Crippen LogP contribution in [0.2, 0.25) is 0 Å². The van der Waals surface area contributed by atoms with Gasteiger partial charge in [0.25, 0.3) is 0 Å². The van der Waals surface area contributed by atoms with E-state index in [0.717, 1.165) is 0 Å². The van der Waals surface area contributed by atoms with Crippen LogP contribution in [0, 0.1) is 0 Å². The molecule has 0 aliphatic carbocycles. The summed E-state index contributed by atoms with van der Waals surface area (Å²) < 4.78 is 0. The molecule has 6 heavy (non-hydrogen) atoms. The first-order valence-corrected chi connectivity index (χ1v) is 4.30. The van der Waals surface area contributed by atoms with Crippen molar-refractivity contribution in [3.8, 4) is 0 Å². The van der Waals surface area contributed by atoms with Gasteiger partial charge in [0.05, 0.1) is 0 Å². The molecule has 0 aromatic heterocycles. The molecule has 2 unspecified atom stereocenters. The molecule has 0 fully saturated rings. The molecule has 0 radical (unpaired) electrons. The van der Waals surface area contributed by atoms with Gasteiger partial charge in [0.1, 0.15) is 7.84 Å². The molecule has 0 saturated carbocycles. The second-order valence-electron chi connectivity index (χ2n) is 0.864. The largest absolute Gasteiger partial charge is 0.362 e. The highest BCUT2D eigenvalue weighted by Gasteiger charge is 1.97. The second-order valence-corrected chi connectivity index (χ2v) is 3.65. The van der Waals surface area contributed by atoms with Crippen molar-refractivity contribution in [1.82, 2.24) is 0 Å². The predicted octanol–water partition coefficient (Wildman–Crippen LogP) is 0.712. The number of rotatable bonds is 1. The molecular weight excluding hydrogens is 118 g/mol. The van der Waals surface area contributed by atoms with E-state index in [1.54, 1.807) is 0 Å². The quantitative estimate of drug-likeness (QED) is 0.522. The minimum atomic E-state index is -1.38. The molecule has 2 atom stereocenters. The van der Waals surface area contributed by atoms with Gasteiger partial charge in [-0.25, -0.2) is 0 Å². The maximum Gasteiger partial charge on any atom is 0.182 e. The summed E-state index contributed by atoms with van der Waals surface area (Å²) in [5.74, 6) is 0. The van der Waals surface area contributed by atoms with Crippen molar-refractivity contribution in [2.75, 3.05) is 0 Å². The van der Waals surface area contributed by atoms with Crippen molar-refractivity contribution in [1.29, 1.82) is 0 Å². The van der Waals surface area contributed by atoms with Crippen LogP contribution < -0.4 is 0 Å². The first kappa shape index (κ1) is 6.49. The van der Waals surface area contributed by atoms with Crippen LogP contribution >= 0.6 is 16.8 Å². The highest BCUT2D eigenvalue weighted by atomic mass is 32.0. The molecule has 0 rings (SSSR count). The topological polar surface area (TPSA) is 37.3 Å². The normalized spacial score (nSPS) is 13.8. The first-order valence-electron chi connectivity index (χ1n) is 1.39. The molecule has 4 heteroatoms. The maximum atomic E-state index is 9.90. The number of carbonyl (C=O) groups is 1.